The second-order valence-corrected chi connectivity index (χ2v) is 4.44. The molecule has 0 saturated heterocycles. The van der Waals surface area contributed by atoms with E-state index in [1.54, 1.807) is 25.2 Å². The van der Waals surface area contributed by atoms with E-state index in [1.807, 2.05) is 19.0 Å². The van der Waals surface area contributed by atoms with Crippen LogP contribution in [0.4, 0.5) is 5.69 Å². The van der Waals surface area contributed by atoms with Gasteiger partial charge in [-0.25, -0.2) is 0 Å². The molecule has 1 amide bonds. The number of anilines is 1. The van der Waals surface area contributed by atoms with E-state index >= 15 is 0 Å². The van der Waals surface area contributed by atoms with Crippen LogP contribution >= 0.6 is 11.6 Å². The third kappa shape index (κ3) is 4.24. The molecule has 0 aromatic heterocycles. The Balaban J connectivity index is 2.70. The number of amides is 1. The van der Waals surface area contributed by atoms with Crippen LogP contribution in [0.15, 0.2) is 18.2 Å². The lowest BCUT2D eigenvalue weighted by Gasteiger charge is -2.12. The van der Waals surface area contributed by atoms with E-state index in [9.17, 15) is 4.79 Å². The molecular formula is C12H18ClN3O. The zero-order valence-corrected chi connectivity index (χ0v) is 11.1. The maximum atomic E-state index is 11.9. The van der Waals surface area contributed by atoms with Crippen molar-refractivity contribution in [3.63, 3.8) is 0 Å². The summed E-state index contributed by atoms with van der Waals surface area (Å²) in [5, 5.41) is 6.38. The SMILES string of the molecule is CNc1ccc(Cl)cc1C(=O)NCCN(C)C. The molecule has 0 saturated carbocycles. The summed E-state index contributed by atoms with van der Waals surface area (Å²) in [6.45, 7) is 1.42. The van der Waals surface area contributed by atoms with E-state index in [0.29, 0.717) is 17.1 Å². The smallest absolute Gasteiger partial charge is 0.253 e. The van der Waals surface area contributed by atoms with Crippen molar-refractivity contribution in [2.24, 2.45) is 0 Å². The summed E-state index contributed by atoms with van der Waals surface area (Å²) in [6.07, 6.45) is 0. The molecule has 0 spiro atoms. The molecule has 0 aliphatic carbocycles. The average molecular weight is 256 g/mol. The Morgan fingerprint density at radius 1 is 1.41 bits per heavy atom. The van der Waals surface area contributed by atoms with Crippen molar-refractivity contribution in [1.29, 1.82) is 0 Å². The van der Waals surface area contributed by atoms with Crippen LogP contribution in [0.2, 0.25) is 5.02 Å². The van der Waals surface area contributed by atoms with Crippen molar-refractivity contribution in [2.75, 3.05) is 39.5 Å². The fraction of sp³-hybridized carbons (Fsp3) is 0.417. The van der Waals surface area contributed by atoms with Gasteiger partial charge in [0.25, 0.3) is 5.91 Å². The summed E-state index contributed by atoms with van der Waals surface area (Å²) >= 11 is 5.89. The Morgan fingerprint density at radius 2 is 2.12 bits per heavy atom. The minimum Gasteiger partial charge on any atom is -0.387 e. The van der Waals surface area contributed by atoms with E-state index in [-0.39, 0.29) is 5.91 Å². The van der Waals surface area contributed by atoms with Crippen LogP contribution in [0.3, 0.4) is 0 Å². The van der Waals surface area contributed by atoms with Gasteiger partial charge in [0.2, 0.25) is 0 Å². The highest BCUT2D eigenvalue weighted by molar-refractivity contribution is 6.31. The third-order valence-corrected chi connectivity index (χ3v) is 2.58. The molecule has 1 rings (SSSR count). The van der Waals surface area contributed by atoms with Crippen LogP contribution in [0.1, 0.15) is 10.4 Å². The standard InChI is InChI=1S/C12H18ClN3O/c1-14-11-5-4-9(13)8-10(11)12(17)15-6-7-16(2)3/h4-5,8,14H,6-7H2,1-3H3,(H,15,17). The van der Waals surface area contributed by atoms with Crippen LogP contribution in [-0.4, -0.2) is 45.0 Å². The third-order valence-electron chi connectivity index (χ3n) is 2.34. The molecular weight excluding hydrogens is 238 g/mol. The number of halogens is 1. The first-order chi connectivity index (χ1) is 8.04. The molecule has 0 unspecified atom stereocenters. The van der Waals surface area contributed by atoms with E-state index in [1.165, 1.54) is 0 Å². The van der Waals surface area contributed by atoms with Gasteiger partial charge in [0.15, 0.2) is 0 Å². The summed E-state index contributed by atoms with van der Waals surface area (Å²) in [5.41, 5.74) is 1.34. The maximum absolute atomic E-state index is 11.9. The fourth-order valence-electron chi connectivity index (χ4n) is 1.41. The van der Waals surface area contributed by atoms with Gasteiger partial charge in [-0.15, -0.1) is 0 Å². The molecule has 0 heterocycles. The molecule has 0 aliphatic rings. The average Bonchev–Trinajstić information content (AvgIpc) is 2.28. The second kappa shape index (κ2) is 6.47. The monoisotopic (exact) mass is 255 g/mol. The lowest BCUT2D eigenvalue weighted by molar-refractivity contribution is 0.0952. The van der Waals surface area contributed by atoms with Gasteiger partial charge in [-0.1, -0.05) is 11.6 Å². The zero-order valence-electron chi connectivity index (χ0n) is 10.4. The Kier molecular flexibility index (Phi) is 5.25. The predicted molar refractivity (Wildman–Crippen MR) is 71.9 cm³/mol. The first-order valence-corrected chi connectivity index (χ1v) is 5.82. The topological polar surface area (TPSA) is 44.4 Å². The lowest BCUT2D eigenvalue weighted by atomic mass is 10.1. The number of carbonyl (C=O) groups is 1. The van der Waals surface area contributed by atoms with Gasteiger partial charge in [0.1, 0.15) is 0 Å². The predicted octanol–water partition coefficient (Wildman–Crippen LogP) is 1.67. The number of hydrogen-bond donors (Lipinski definition) is 2. The van der Waals surface area contributed by atoms with Crippen molar-refractivity contribution < 1.29 is 4.79 Å². The normalized spacial score (nSPS) is 10.4. The van der Waals surface area contributed by atoms with Crippen molar-refractivity contribution in [2.45, 2.75) is 0 Å². The number of likely N-dealkylation sites (N-methyl/N-ethyl adjacent to an activating group) is 1. The van der Waals surface area contributed by atoms with E-state index in [0.717, 1.165) is 12.2 Å². The van der Waals surface area contributed by atoms with Gasteiger partial charge < -0.3 is 15.5 Å². The quantitative estimate of drug-likeness (QED) is 0.841. The first-order valence-electron chi connectivity index (χ1n) is 5.45. The van der Waals surface area contributed by atoms with E-state index < -0.39 is 0 Å². The number of nitrogens with one attached hydrogen (secondary N) is 2. The molecule has 4 nitrogen and oxygen atoms in total. The molecule has 0 aliphatic heterocycles. The number of carbonyl (C=O) groups excluding carboxylic acids is 1. The van der Waals surface area contributed by atoms with Gasteiger partial charge >= 0.3 is 0 Å². The lowest BCUT2D eigenvalue weighted by Crippen LogP contribution is -2.31. The molecule has 5 heteroatoms. The van der Waals surface area contributed by atoms with E-state index in [4.69, 9.17) is 11.6 Å². The van der Waals surface area contributed by atoms with Crippen LogP contribution < -0.4 is 10.6 Å². The summed E-state index contributed by atoms with van der Waals surface area (Å²) < 4.78 is 0. The molecule has 0 atom stereocenters. The van der Waals surface area contributed by atoms with Gasteiger partial charge in [-0.3, -0.25) is 4.79 Å². The highest BCUT2D eigenvalue weighted by atomic mass is 35.5. The van der Waals surface area contributed by atoms with Crippen molar-refractivity contribution in [3.8, 4) is 0 Å². The molecule has 1 aromatic rings. The molecule has 17 heavy (non-hydrogen) atoms. The zero-order chi connectivity index (χ0) is 12.8. The molecule has 94 valence electrons. The van der Waals surface area contributed by atoms with Crippen LogP contribution in [0.5, 0.6) is 0 Å². The minimum absolute atomic E-state index is 0.112. The maximum Gasteiger partial charge on any atom is 0.253 e. The molecule has 0 radical (unpaired) electrons. The number of nitrogens with zero attached hydrogens (tertiary/aromatic N) is 1. The van der Waals surface area contributed by atoms with Gasteiger partial charge in [-0.2, -0.15) is 0 Å². The molecule has 0 bridgehead atoms. The first kappa shape index (κ1) is 13.8. The Bertz CT molecular complexity index is 393. The number of hydrogen-bond acceptors (Lipinski definition) is 3. The van der Waals surface area contributed by atoms with Gasteiger partial charge in [-0.05, 0) is 32.3 Å². The van der Waals surface area contributed by atoms with Gasteiger partial charge in [0, 0.05) is 30.8 Å². The largest absolute Gasteiger partial charge is 0.387 e. The summed E-state index contributed by atoms with van der Waals surface area (Å²) in [6, 6.07) is 5.21. The Hall–Kier alpha value is -1.26. The highest BCUT2D eigenvalue weighted by Crippen LogP contribution is 2.19. The fourth-order valence-corrected chi connectivity index (χ4v) is 1.58. The van der Waals surface area contributed by atoms with Gasteiger partial charge in [0.05, 0.1) is 5.56 Å². The van der Waals surface area contributed by atoms with E-state index in [2.05, 4.69) is 10.6 Å². The number of rotatable bonds is 5. The van der Waals surface area contributed by atoms with Crippen LogP contribution in [0.25, 0.3) is 0 Å². The minimum atomic E-state index is -0.112. The molecule has 2 N–H and O–H groups in total. The molecule has 0 fully saturated rings. The highest BCUT2D eigenvalue weighted by Gasteiger charge is 2.10. The second-order valence-electron chi connectivity index (χ2n) is 4.00. The molecule has 1 aromatic carbocycles. The Labute approximate surface area is 107 Å². The van der Waals surface area contributed by atoms with Crippen LogP contribution in [-0.2, 0) is 0 Å². The number of benzene rings is 1. The summed E-state index contributed by atoms with van der Waals surface area (Å²) in [7, 11) is 5.70. The van der Waals surface area contributed by atoms with Crippen LogP contribution in [0, 0.1) is 0 Å². The van der Waals surface area contributed by atoms with Crippen molar-refractivity contribution >= 4 is 23.2 Å². The Morgan fingerprint density at radius 3 is 2.71 bits per heavy atom. The summed E-state index contributed by atoms with van der Waals surface area (Å²) in [4.78, 5) is 13.9. The van der Waals surface area contributed by atoms with Crippen molar-refractivity contribution in [3.05, 3.63) is 28.8 Å². The van der Waals surface area contributed by atoms with Crippen molar-refractivity contribution in [1.82, 2.24) is 10.2 Å². The summed E-state index contributed by atoms with van der Waals surface area (Å²) in [5.74, 6) is -0.112.